The fraction of sp³-hybridized carbons (Fsp3) is 0.300. The minimum Gasteiger partial charge on any atom is -0.492 e. The van der Waals surface area contributed by atoms with E-state index in [0.717, 1.165) is 0 Å². The van der Waals surface area contributed by atoms with Crippen LogP contribution < -0.4 is 4.74 Å². The summed E-state index contributed by atoms with van der Waals surface area (Å²) in [6.45, 7) is 2.32. The highest BCUT2D eigenvalue weighted by atomic mass is 35.5. The van der Waals surface area contributed by atoms with Crippen molar-refractivity contribution < 1.29 is 9.53 Å². The number of halogens is 1. The topological polar surface area (TPSA) is 26.3 Å². The Hall–Kier alpha value is -1.02. The lowest BCUT2D eigenvalue weighted by Crippen LogP contribution is -2.25. The number of Topliss-reactive ketones (excluding diaryl/α,β-unsaturated/α-hetero) is 1. The molecule has 2 rings (SSSR count). The standard InChI is InChI=1S/C10H9ClO2/c1-6-5-13-9-3-2-7(11)4-8(9)10(6)12/h2-4,6H,5H2,1H3/t6-/m1/s1. The zero-order chi connectivity index (χ0) is 9.42. The van der Waals surface area contributed by atoms with Crippen molar-refractivity contribution in [1.82, 2.24) is 0 Å². The molecule has 0 radical (unpaired) electrons. The summed E-state index contributed by atoms with van der Waals surface area (Å²) in [5.74, 6) is 0.696. The zero-order valence-corrected chi connectivity index (χ0v) is 7.97. The summed E-state index contributed by atoms with van der Waals surface area (Å²) in [4.78, 5) is 11.6. The quantitative estimate of drug-likeness (QED) is 0.638. The molecule has 0 aliphatic carbocycles. The highest BCUT2D eigenvalue weighted by molar-refractivity contribution is 6.31. The van der Waals surface area contributed by atoms with Gasteiger partial charge in [0.05, 0.1) is 18.1 Å². The molecule has 0 saturated heterocycles. The second-order valence-corrected chi connectivity index (χ2v) is 3.65. The van der Waals surface area contributed by atoms with Crippen LogP contribution in [0.2, 0.25) is 5.02 Å². The average molecular weight is 197 g/mol. The molecule has 2 nitrogen and oxygen atoms in total. The molecule has 0 aromatic heterocycles. The van der Waals surface area contributed by atoms with E-state index in [-0.39, 0.29) is 11.7 Å². The molecule has 1 atom stereocenters. The van der Waals surface area contributed by atoms with Gasteiger partial charge in [-0.3, -0.25) is 4.79 Å². The predicted octanol–water partition coefficient (Wildman–Crippen LogP) is 2.55. The number of carbonyl (C=O) groups excluding carboxylic acids is 1. The Balaban J connectivity index is 2.51. The van der Waals surface area contributed by atoms with Gasteiger partial charge in [-0.05, 0) is 18.2 Å². The Morgan fingerprint density at radius 3 is 3.08 bits per heavy atom. The molecule has 0 N–H and O–H groups in total. The molecular formula is C10H9ClO2. The molecule has 1 aromatic rings. The van der Waals surface area contributed by atoms with Crippen molar-refractivity contribution in [3.63, 3.8) is 0 Å². The molecule has 1 heterocycles. The van der Waals surface area contributed by atoms with Crippen LogP contribution in [-0.4, -0.2) is 12.4 Å². The number of fused-ring (bicyclic) bond motifs is 1. The summed E-state index contributed by atoms with van der Waals surface area (Å²) in [5, 5.41) is 0.574. The van der Waals surface area contributed by atoms with Crippen LogP contribution >= 0.6 is 11.6 Å². The Labute approximate surface area is 81.5 Å². The van der Waals surface area contributed by atoms with Gasteiger partial charge in [0.25, 0.3) is 0 Å². The highest BCUT2D eigenvalue weighted by Gasteiger charge is 2.25. The van der Waals surface area contributed by atoms with Crippen LogP contribution in [0.5, 0.6) is 5.75 Å². The molecule has 0 spiro atoms. The number of ether oxygens (including phenoxy) is 1. The molecule has 68 valence electrons. The summed E-state index contributed by atoms with van der Waals surface area (Å²) in [7, 11) is 0. The fourth-order valence-electron chi connectivity index (χ4n) is 1.38. The van der Waals surface area contributed by atoms with Crippen LogP contribution in [0.25, 0.3) is 0 Å². The van der Waals surface area contributed by atoms with Crippen molar-refractivity contribution in [2.24, 2.45) is 5.92 Å². The van der Waals surface area contributed by atoms with Crippen molar-refractivity contribution >= 4 is 17.4 Å². The van der Waals surface area contributed by atoms with E-state index in [4.69, 9.17) is 16.3 Å². The van der Waals surface area contributed by atoms with Gasteiger partial charge in [0.1, 0.15) is 5.75 Å². The molecule has 1 aliphatic heterocycles. The summed E-state index contributed by atoms with van der Waals surface area (Å²) in [5.41, 5.74) is 0.603. The van der Waals surface area contributed by atoms with Crippen LogP contribution in [0.15, 0.2) is 18.2 Å². The number of rotatable bonds is 0. The first-order valence-electron chi connectivity index (χ1n) is 4.15. The molecule has 0 fully saturated rings. The zero-order valence-electron chi connectivity index (χ0n) is 7.21. The van der Waals surface area contributed by atoms with E-state index in [0.29, 0.717) is 22.9 Å². The van der Waals surface area contributed by atoms with Gasteiger partial charge >= 0.3 is 0 Å². The van der Waals surface area contributed by atoms with E-state index >= 15 is 0 Å². The number of carbonyl (C=O) groups is 1. The second-order valence-electron chi connectivity index (χ2n) is 3.22. The van der Waals surface area contributed by atoms with Crippen LogP contribution in [0, 0.1) is 5.92 Å². The van der Waals surface area contributed by atoms with Gasteiger partial charge in [-0.2, -0.15) is 0 Å². The van der Waals surface area contributed by atoms with Gasteiger partial charge in [-0.1, -0.05) is 18.5 Å². The Bertz CT molecular complexity index is 360. The van der Waals surface area contributed by atoms with Crippen molar-refractivity contribution in [2.75, 3.05) is 6.61 Å². The first-order chi connectivity index (χ1) is 6.18. The van der Waals surface area contributed by atoms with Crippen LogP contribution in [0.1, 0.15) is 17.3 Å². The van der Waals surface area contributed by atoms with Gasteiger partial charge < -0.3 is 4.74 Å². The minimum atomic E-state index is -0.0639. The highest BCUT2D eigenvalue weighted by Crippen LogP contribution is 2.29. The largest absolute Gasteiger partial charge is 0.492 e. The molecule has 0 unspecified atom stereocenters. The predicted molar refractivity (Wildman–Crippen MR) is 50.4 cm³/mol. The number of ketones is 1. The number of benzene rings is 1. The summed E-state index contributed by atoms with van der Waals surface area (Å²) in [6, 6.07) is 5.12. The van der Waals surface area contributed by atoms with Crippen LogP contribution in [0.3, 0.4) is 0 Å². The van der Waals surface area contributed by atoms with E-state index in [1.165, 1.54) is 0 Å². The first kappa shape index (κ1) is 8.57. The van der Waals surface area contributed by atoms with Crippen molar-refractivity contribution in [1.29, 1.82) is 0 Å². The monoisotopic (exact) mass is 196 g/mol. The third-order valence-electron chi connectivity index (χ3n) is 2.14. The number of hydrogen-bond donors (Lipinski definition) is 0. The Morgan fingerprint density at radius 2 is 2.31 bits per heavy atom. The van der Waals surface area contributed by atoms with Crippen molar-refractivity contribution in [3.05, 3.63) is 28.8 Å². The minimum absolute atomic E-state index is 0.0639. The summed E-state index contributed by atoms with van der Waals surface area (Å²) in [6.07, 6.45) is 0. The molecule has 1 aromatic carbocycles. The Kier molecular flexibility index (Phi) is 2.00. The van der Waals surface area contributed by atoms with Gasteiger partial charge in [-0.25, -0.2) is 0 Å². The van der Waals surface area contributed by atoms with E-state index in [1.54, 1.807) is 18.2 Å². The molecule has 0 amide bonds. The molecule has 13 heavy (non-hydrogen) atoms. The van der Waals surface area contributed by atoms with E-state index in [9.17, 15) is 4.79 Å². The SMILES string of the molecule is C[C@@H]1COc2ccc(Cl)cc2C1=O. The molecule has 0 bridgehead atoms. The van der Waals surface area contributed by atoms with Crippen molar-refractivity contribution in [2.45, 2.75) is 6.92 Å². The third-order valence-corrected chi connectivity index (χ3v) is 2.38. The first-order valence-corrected chi connectivity index (χ1v) is 4.53. The Morgan fingerprint density at radius 1 is 1.54 bits per heavy atom. The fourth-order valence-corrected chi connectivity index (χ4v) is 1.55. The van der Waals surface area contributed by atoms with E-state index in [2.05, 4.69) is 0 Å². The molecule has 0 saturated carbocycles. The maximum Gasteiger partial charge on any atom is 0.172 e. The third kappa shape index (κ3) is 1.42. The maximum absolute atomic E-state index is 11.6. The van der Waals surface area contributed by atoms with Gasteiger partial charge in [0.2, 0.25) is 0 Å². The lowest BCUT2D eigenvalue weighted by Gasteiger charge is -2.21. The van der Waals surface area contributed by atoms with E-state index < -0.39 is 0 Å². The summed E-state index contributed by atoms with van der Waals surface area (Å²) >= 11 is 5.78. The molecule has 3 heteroatoms. The average Bonchev–Trinajstić information content (AvgIpc) is 2.12. The molecular weight excluding hydrogens is 188 g/mol. The van der Waals surface area contributed by atoms with Crippen molar-refractivity contribution in [3.8, 4) is 5.75 Å². The van der Waals surface area contributed by atoms with Gasteiger partial charge in [-0.15, -0.1) is 0 Å². The smallest absolute Gasteiger partial charge is 0.172 e. The van der Waals surface area contributed by atoms with Crippen LogP contribution in [0.4, 0.5) is 0 Å². The van der Waals surface area contributed by atoms with E-state index in [1.807, 2.05) is 6.92 Å². The maximum atomic E-state index is 11.6. The molecule has 1 aliphatic rings. The lowest BCUT2D eigenvalue weighted by molar-refractivity contribution is 0.0849. The normalized spacial score (nSPS) is 20.8. The van der Waals surface area contributed by atoms with Gasteiger partial charge in [0, 0.05) is 5.02 Å². The number of hydrogen-bond acceptors (Lipinski definition) is 2. The van der Waals surface area contributed by atoms with Gasteiger partial charge in [0.15, 0.2) is 5.78 Å². The second kappa shape index (κ2) is 3.04. The van der Waals surface area contributed by atoms with Crippen LogP contribution in [-0.2, 0) is 0 Å². The summed E-state index contributed by atoms with van der Waals surface area (Å²) < 4.78 is 5.38. The lowest BCUT2D eigenvalue weighted by atomic mass is 9.97.